The highest BCUT2D eigenvalue weighted by Gasteiger charge is 2.22. The number of benzene rings is 1. The lowest BCUT2D eigenvalue weighted by atomic mass is 10.2. The van der Waals surface area contributed by atoms with Gasteiger partial charge in [0.05, 0.1) is 15.5 Å². The molecule has 6 nitrogen and oxygen atoms in total. The van der Waals surface area contributed by atoms with Crippen molar-refractivity contribution in [2.24, 2.45) is 0 Å². The molecule has 0 aliphatic rings. The van der Waals surface area contributed by atoms with E-state index in [0.717, 1.165) is 10.00 Å². The van der Waals surface area contributed by atoms with Crippen molar-refractivity contribution in [1.82, 2.24) is 14.2 Å². The molecule has 0 radical (unpaired) electrons. The van der Waals surface area contributed by atoms with Crippen LogP contribution in [0.15, 0.2) is 47.5 Å². The Balaban J connectivity index is 2.20. The van der Waals surface area contributed by atoms with E-state index in [4.69, 9.17) is 11.6 Å². The molecule has 0 aliphatic carbocycles. The fourth-order valence-corrected chi connectivity index (χ4v) is 3.30. The molecule has 1 aromatic carbocycles. The third-order valence-electron chi connectivity index (χ3n) is 3.72. The molecule has 0 N–H and O–H groups in total. The average molecular weight is 382 g/mol. The van der Waals surface area contributed by atoms with Crippen molar-refractivity contribution in [3.63, 3.8) is 0 Å². The lowest BCUT2D eigenvalue weighted by Crippen LogP contribution is -2.29. The van der Waals surface area contributed by atoms with Crippen molar-refractivity contribution >= 4 is 27.5 Å². The normalized spacial score (nSPS) is 11.6. The highest BCUT2D eigenvalue weighted by atomic mass is 35.5. The zero-order valence-electron chi connectivity index (χ0n) is 14.3. The third-order valence-corrected chi connectivity index (χ3v) is 5.86. The molecular formula is C17H20ClN3O3S. The van der Waals surface area contributed by atoms with E-state index in [1.54, 1.807) is 13.2 Å². The number of pyridine rings is 1. The van der Waals surface area contributed by atoms with Gasteiger partial charge in [0.15, 0.2) is 0 Å². The largest absolute Gasteiger partial charge is 0.341 e. The fourth-order valence-electron chi connectivity index (χ4n) is 2.17. The topological polar surface area (TPSA) is 70.6 Å². The Labute approximate surface area is 153 Å². The van der Waals surface area contributed by atoms with Crippen molar-refractivity contribution < 1.29 is 13.2 Å². The van der Waals surface area contributed by atoms with Gasteiger partial charge in [-0.25, -0.2) is 12.7 Å². The maximum absolute atomic E-state index is 12.6. The minimum absolute atomic E-state index is 0.0309. The Morgan fingerprint density at radius 3 is 2.48 bits per heavy atom. The molecule has 0 saturated heterocycles. The molecular weight excluding hydrogens is 362 g/mol. The van der Waals surface area contributed by atoms with Gasteiger partial charge in [0.2, 0.25) is 10.0 Å². The summed E-state index contributed by atoms with van der Waals surface area (Å²) in [4.78, 5) is 18.4. The molecule has 134 valence electrons. The summed E-state index contributed by atoms with van der Waals surface area (Å²) in [5.74, 6) is -0.336. The molecule has 2 aromatic rings. The summed E-state index contributed by atoms with van der Waals surface area (Å²) in [6, 6.07) is 9.73. The second-order valence-corrected chi connectivity index (χ2v) is 8.29. The molecule has 0 fully saturated rings. The number of carbonyl (C=O) groups excluding carboxylic acids is 1. The molecule has 1 amide bonds. The highest BCUT2D eigenvalue weighted by Crippen LogP contribution is 2.23. The van der Waals surface area contributed by atoms with Crippen LogP contribution >= 0.6 is 11.6 Å². The van der Waals surface area contributed by atoms with Gasteiger partial charge in [-0.2, -0.15) is 0 Å². The maximum atomic E-state index is 12.6. The number of aromatic nitrogens is 1. The van der Waals surface area contributed by atoms with Crippen LogP contribution in [0.5, 0.6) is 0 Å². The first-order chi connectivity index (χ1) is 11.7. The van der Waals surface area contributed by atoms with E-state index in [9.17, 15) is 13.2 Å². The zero-order chi connectivity index (χ0) is 18.6. The van der Waals surface area contributed by atoms with Gasteiger partial charge in [-0.15, -0.1) is 0 Å². The van der Waals surface area contributed by atoms with Crippen LogP contribution in [0.25, 0.3) is 0 Å². The van der Waals surface area contributed by atoms with E-state index < -0.39 is 10.0 Å². The second-order valence-electron chi connectivity index (χ2n) is 5.73. The summed E-state index contributed by atoms with van der Waals surface area (Å²) in [6.07, 6.45) is 2.29. The van der Waals surface area contributed by atoms with Crippen LogP contribution < -0.4 is 0 Å². The summed E-state index contributed by atoms with van der Waals surface area (Å²) >= 11 is 6.11. The van der Waals surface area contributed by atoms with Crippen LogP contribution in [0.3, 0.4) is 0 Å². The predicted octanol–water partition coefficient (Wildman–Crippen LogP) is 2.30. The Hall–Kier alpha value is -1.96. The van der Waals surface area contributed by atoms with Crippen LogP contribution in [0, 0.1) is 0 Å². The molecule has 0 spiro atoms. The van der Waals surface area contributed by atoms with E-state index in [-0.39, 0.29) is 21.4 Å². The Bertz CT molecular complexity index is 855. The van der Waals surface area contributed by atoms with E-state index in [1.807, 2.05) is 18.2 Å². The van der Waals surface area contributed by atoms with Crippen LogP contribution in [-0.2, 0) is 16.4 Å². The van der Waals surface area contributed by atoms with Gasteiger partial charge in [-0.05, 0) is 30.3 Å². The number of carbonyl (C=O) groups is 1. The monoisotopic (exact) mass is 381 g/mol. The number of sulfonamides is 1. The quantitative estimate of drug-likeness (QED) is 0.769. The number of rotatable bonds is 6. The van der Waals surface area contributed by atoms with Crippen molar-refractivity contribution in [3.8, 4) is 0 Å². The summed E-state index contributed by atoms with van der Waals surface area (Å²) < 4.78 is 25.6. The van der Waals surface area contributed by atoms with Gasteiger partial charge in [0, 0.05) is 46.0 Å². The van der Waals surface area contributed by atoms with Crippen LogP contribution in [0.2, 0.25) is 5.02 Å². The molecule has 1 heterocycles. The molecule has 0 bridgehead atoms. The number of halogens is 1. The van der Waals surface area contributed by atoms with E-state index >= 15 is 0 Å². The van der Waals surface area contributed by atoms with Crippen molar-refractivity contribution in [1.29, 1.82) is 0 Å². The molecule has 2 rings (SSSR count). The van der Waals surface area contributed by atoms with E-state index in [2.05, 4.69) is 4.98 Å². The van der Waals surface area contributed by atoms with Gasteiger partial charge in [0.1, 0.15) is 0 Å². The first kappa shape index (κ1) is 19.4. The molecule has 1 aromatic heterocycles. The zero-order valence-corrected chi connectivity index (χ0v) is 15.9. The lowest BCUT2D eigenvalue weighted by Gasteiger charge is -2.19. The fraction of sp³-hybridized carbons (Fsp3) is 0.294. The van der Waals surface area contributed by atoms with Gasteiger partial charge < -0.3 is 4.90 Å². The SMILES string of the molecule is CN(CCc1ccccn1)C(=O)c1cc(S(=O)(=O)N(C)C)ccc1Cl. The van der Waals surface area contributed by atoms with Crippen LogP contribution in [0.4, 0.5) is 0 Å². The second kappa shape index (κ2) is 7.95. The molecule has 0 aliphatic heterocycles. The number of hydrogen-bond acceptors (Lipinski definition) is 4. The molecule has 25 heavy (non-hydrogen) atoms. The van der Waals surface area contributed by atoms with E-state index in [0.29, 0.717) is 13.0 Å². The van der Waals surface area contributed by atoms with Crippen molar-refractivity contribution in [2.75, 3.05) is 27.7 Å². The van der Waals surface area contributed by atoms with Gasteiger partial charge in [-0.3, -0.25) is 9.78 Å². The number of nitrogens with zero attached hydrogens (tertiary/aromatic N) is 3. The smallest absolute Gasteiger partial charge is 0.255 e. The number of amides is 1. The molecule has 0 saturated carbocycles. The first-order valence-electron chi connectivity index (χ1n) is 7.61. The molecule has 8 heteroatoms. The lowest BCUT2D eigenvalue weighted by molar-refractivity contribution is 0.0796. The van der Waals surface area contributed by atoms with Crippen molar-refractivity contribution in [3.05, 3.63) is 58.9 Å². The van der Waals surface area contributed by atoms with Crippen LogP contribution in [-0.4, -0.2) is 56.2 Å². The Morgan fingerprint density at radius 1 is 1.16 bits per heavy atom. The average Bonchev–Trinajstić information content (AvgIpc) is 2.60. The summed E-state index contributed by atoms with van der Waals surface area (Å²) in [5.41, 5.74) is 1.03. The standard InChI is InChI=1S/C17H20ClN3O3S/c1-20(2)25(23,24)14-7-8-16(18)15(12-14)17(22)21(3)11-9-13-6-4-5-10-19-13/h4-8,10,12H,9,11H2,1-3H3. The first-order valence-corrected chi connectivity index (χ1v) is 9.42. The third kappa shape index (κ3) is 4.56. The number of likely N-dealkylation sites (N-methyl/N-ethyl adjacent to an activating group) is 1. The Morgan fingerprint density at radius 2 is 1.88 bits per heavy atom. The van der Waals surface area contributed by atoms with Crippen molar-refractivity contribution in [2.45, 2.75) is 11.3 Å². The van der Waals surface area contributed by atoms with E-state index in [1.165, 1.54) is 37.2 Å². The summed E-state index contributed by atoms with van der Waals surface area (Å²) in [6.45, 7) is 0.441. The predicted molar refractivity (Wildman–Crippen MR) is 97.2 cm³/mol. The maximum Gasteiger partial charge on any atom is 0.255 e. The Kier molecular flexibility index (Phi) is 6.16. The van der Waals surface area contributed by atoms with Gasteiger partial charge in [0.25, 0.3) is 5.91 Å². The minimum atomic E-state index is -3.64. The summed E-state index contributed by atoms with van der Waals surface area (Å²) in [7, 11) is 0.881. The van der Waals surface area contributed by atoms with Crippen LogP contribution in [0.1, 0.15) is 16.1 Å². The van der Waals surface area contributed by atoms with Gasteiger partial charge >= 0.3 is 0 Å². The highest BCUT2D eigenvalue weighted by molar-refractivity contribution is 7.89. The molecule has 0 unspecified atom stereocenters. The summed E-state index contributed by atoms with van der Waals surface area (Å²) in [5, 5.41) is 0.215. The van der Waals surface area contributed by atoms with Gasteiger partial charge in [-0.1, -0.05) is 17.7 Å². The molecule has 0 atom stereocenters. The number of hydrogen-bond donors (Lipinski definition) is 0. The minimum Gasteiger partial charge on any atom is -0.341 e.